The summed E-state index contributed by atoms with van der Waals surface area (Å²) in [6.07, 6.45) is 2.30. The first-order valence-electron chi connectivity index (χ1n) is 10.00. The number of aliphatic hydroxyl groups excluding tert-OH is 1. The summed E-state index contributed by atoms with van der Waals surface area (Å²) in [5.41, 5.74) is 4.24. The Hall–Kier alpha value is -3.51. The van der Waals surface area contributed by atoms with E-state index in [0.717, 1.165) is 11.3 Å². The largest absolute Gasteiger partial charge is 0.444 e. The molecule has 0 amide bonds. The van der Waals surface area contributed by atoms with E-state index in [1.165, 1.54) is 0 Å². The first-order valence-corrected chi connectivity index (χ1v) is 10.00. The van der Waals surface area contributed by atoms with E-state index in [0.29, 0.717) is 52.6 Å². The van der Waals surface area contributed by atoms with Crippen LogP contribution in [0.25, 0.3) is 0 Å². The number of carbonyl (C=O) groups excluding carboxylic acids is 2. The van der Waals surface area contributed by atoms with Crippen LogP contribution in [0, 0.1) is 12.8 Å². The topological polar surface area (TPSA) is 89.6 Å². The van der Waals surface area contributed by atoms with Crippen LogP contribution in [0.15, 0.2) is 65.6 Å². The summed E-state index contributed by atoms with van der Waals surface area (Å²) in [6, 6.07) is 12.7. The van der Waals surface area contributed by atoms with Crippen molar-refractivity contribution in [3.8, 4) is 5.75 Å². The lowest BCUT2D eigenvalue weighted by Gasteiger charge is -2.31. The quantitative estimate of drug-likeness (QED) is 0.674. The number of aliphatic hydroxyl groups is 1. The van der Waals surface area contributed by atoms with Gasteiger partial charge in [-0.25, -0.2) is 4.99 Å². The van der Waals surface area contributed by atoms with E-state index in [2.05, 4.69) is 10.3 Å². The van der Waals surface area contributed by atoms with Crippen LogP contribution in [0.3, 0.4) is 0 Å². The van der Waals surface area contributed by atoms with Crippen molar-refractivity contribution in [2.24, 2.45) is 5.92 Å². The van der Waals surface area contributed by atoms with Crippen molar-refractivity contribution in [1.82, 2.24) is 5.32 Å². The second-order valence-electron chi connectivity index (χ2n) is 7.65. The van der Waals surface area contributed by atoms with Crippen LogP contribution in [-0.4, -0.2) is 35.5 Å². The molecule has 2 aromatic rings. The van der Waals surface area contributed by atoms with E-state index in [4.69, 9.17) is 9.84 Å². The van der Waals surface area contributed by atoms with Crippen LogP contribution in [0.2, 0.25) is 0 Å². The Morgan fingerprint density at radius 1 is 1.13 bits per heavy atom. The van der Waals surface area contributed by atoms with Crippen LogP contribution < -0.4 is 15.0 Å². The molecule has 1 atom stereocenters. The van der Waals surface area contributed by atoms with E-state index < -0.39 is 5.92 Å². The van der Waals surface area contributed by atoms with E-state index >= 15 is 0 Å². The highest BCUT2D eigenvalue weighted by atomic mass is 16.5. The van der Waals surface area contributed by atoms with Gasteiger partial charge in [0.1, 0.15) is 5.92 Å². The summed E-state index contributed by atoms with van der Waals surface area (Å²) in [4.78, 5) is 30.2. The molecule has 1 aliphatic heterocycles. The smallest absolute Gasteiger partial charge is 0.246 e. The lowest BCUT2D eigenvalue weighted by Crippen LogP contribution is -2.72. The molecular weight excluding hydrogens is 380 g/mol. The van der Waals surface area contributed by atoms with E-state index in [9.17, 15) is 9.59 Å². The van der Waals surface area contributed by atoms with Gasteiger partial charge >= 0.3 is 0 Å². The molecule has 30 heavy (non-hydrogen) atoms. The molecule has 3 N–H and O–H groups in total. The van der Waals surface area contributed by atoms with Gasteiger partial charge in [0.2, 0.25) is 11.4 Å². The summed E-state index contributed by atoms with van der Waals surface area (Å²) < 4.78 is 6.15. The number of carbonyl (C=O) groups is 2. The zero-order valence-electron chi connectivity index (χ0n) is 16.5. The van der Waals surface area contributed by atoms with Gasteiger partial charge in [-0.1, -0.05) is 30.3 Å². The summed E-state index contributed by atoms with van der Waals surface area (Å²) in [5, 5.41) is 12.4. The van der Waals surface area contributed by atoms with Gasteiger partial charge in [-0.05, 0) is 25.0 Å². The standard InChI is InChI=1S/C24H20N2O4/c1-13-7-8-16-18(11-13)30-19-12-17(25-9-4-10-27)20-21(22(19)26-16)24(29)15-6-3-2-5-14(15)23(20)28/h2-3,5-8,11-12,21,25,27H,4,9-10H2,1H3/p+1. The predicted octanol–water partition coefficient (Wildman–Crippen LogP) is 1.36. The van der Waals surface area contributed by atoms with Crippen molar-refractivity contribution in [2.75, 3.05) is 13.2 Å². The van der Waals surface area contributed by atoms with Crippen molar-refractivity contribution in [3.63, 3.8) is 0 Å². The summed E-state index contributed by atoms with van der Waals surface area (Å²) >= 11 is 0. The molecule has 6 nitrogen and oxygen atoms in total. The third-order valence-electron chi connectivity index (χ3n) is 5.63. The number of hydrogen-bond donors (Lipinski definition) is 3. The molecule has 0 radical (unpaired) electrons. The van der Waals surface area contributed by atoms with Crippen molar-refractivity contribution in [2.45, 2.75) is 13.3 Å². The zero-order chi connectivity index (χ0) is 20.8. The van der Waals surface area contributed by atoms with Gasteiger partial charge in [0, 0.05) is 47.7 Å². The maximum Gasteiger partial charge on any atom is 0.246 e. The third kappa shape index (κ3) is 2.80. The second kappa shape index (κ2) is 7.07. The fourth-order valence-electron chi connectivity index (χ4n) is 4.19. The molecule has 5 rings (SSSR count). The Bertz CT molecular complexity index is 1190. The van der Waals surface area contributed by atoms with Crippen LogP contribution in [0.4, 0.5) is 5.69 Å². The highest BCUT2D eigenvalue weighted by molar-refractivity contribution is 6.32. The number of rotatable bonds is 4. The van der Waals surface area contributed by atoms with Gasteiger partial charge in [-0.2, -0.15) is 0 Å². The van der Waals surface area contributed by atoms with E-state index in [1.807, 2.05) is 25.1 Å². The van der Waals surface area contributed by atoms with Gasteiger partial charge in [0.25, 0.3) is 0 Å². The Morgan fingerprint density at radius 3 is 2.73 bits per heavy atom. The van der Waals surface area contributed by atoms with Crippen molar-refractivity contribution in [3.05, 3.63) is 82.3 Å². The van der Waals surface area contributed by atoms with Crippen molar-refractivity contribution in [1.29, 1.82) is 0 Å². The maximum absolute atomic E-state index is 13.5. The maximum atomic E-state index is 13.5. The Balaban J connectivity index is 1.70. The Morgan fingerprint density at radius 2 is 1.93 bits per heavy atom. The minimum absolute atomic E-state index is 0.0351. The normalized spacial score (nSPS) is 19.1. The lowest BCUT2D eigenvalue weighted by molar-refractivity contribution is -0.361. The molecule has 150 valence electrons. The minimum Gasteiger partial charge on any atom is -0.444 e. The highest BCUT2D eigenvalue weighted by Gasteiger charge is 2.49. The number of allylic oxidation sites excluding steroid dienone is 3. The van der Waals surface area contributed by atoms with Gasteiger partial charge in [-0.3, -0.25) is 9.59 Å². The first kappa shape index (κ1) is 18.5. The molecule has 0 bridgehead atoms. The van der Waals surface area contributed by atoms with E-state index in [-0.39, 0.29) is 18.2 Å². The minimum atomic E-state index is -0.765. The molecule has 1 unspecified atom stereocenters. The number of nitrogens with one attached hydrogen (secondary N) is 2. The predicted molar refractivity (Wildman–Crippen MR) is 111 cm³/mol. The summed E-state index contributed by atoms with van der Waals surface area (Å²) in [5.74, 6) is 0.139. The Labute approximate surface area is 173 Å². The van der Waals surface area contributed by atoms with Gasteiger partial charge < -0.3 is 15.2 Å². The van der Waals surface area contributed by atoms with Crippen molar-refractivity contribution >= 4 is 23.0 Å². The molecule has 0 spiro atoms. The zero-order valence-corrected chi connectivity index (χ0v) is 16.5. The number of fused-ring (bicyclic) bond motifs is 5. The molecule has 0 aromatic heterocycles. The number of benzene rings is 2. The highest BCUT2D eigenvalue weighted by Crippen LogP contribution is 2.38. The number of ketones is 2. The SMILES string of the molecule is Cc1ccc2c(c1)OC1=CC(NCCCO)=C3C(=O)c4ccccc4C(=O)C3C1=[NH+]2. The van der Waals surface area contributed by atoms with E-state index in [1.54, 1.807) is 30.3 Å². The average molecular weight is 401 g/mol. The molecule has 2 aliphatic carbocycles. The first-order chi connectivity index (χ1) is 14.6. The molecule has 0 saturated heterocycles. The molecule has 6 heteroatoms. The molecule has 0 fully saturated rings. The average Bonchev–Trinajstić information content (AvgIpc) is 2.75. The van der Waals surface area contributed by atoms with Gasteiger partial charge in [0.15, 0.2) is 23.1 Å². The fourth-order valence-corrected chi connectivity index (χ4v) is 4.19. The monoisotopic (exact) mass is 401 g/mol. The molecule has 3 aliphatic rings. The van der Waals surface area contributed by atoms with Gasteiger partial charge in [0.05, 0.1) is 0 Å². The number of Topliss-reactive ketones (excluding diaryl/α,β-unsaturated/α-hetero) is 2. The molecule has 1 heterocycles. The molecule has 0 saturated carbocycles. The van der Waals surface area contributed by atoms with Gasteiger partial charge in [-0.15, -0.1) is 0 Å². The lowest BCUT2D eigenvalue weighted by atomic mass is 9.72. The van der Waals surface area contributed by atoms with Crippen molar-refractivity contribution < 1.29 is 24.4 Å². The fraction of sp³-hybridized carbons (Fsp3) is 0.208. The molecular formula is C24H21N2O4+. The number of hydrogen-bond acceptors (Lipinski definition) is 5. The number of ether oxygens (including phenoxy) is 1. The van der Waals surface area contributed by atoms with Crippen LogP contribution in [-0.2, 0) is 0 Å². The third-order valence-corrected chi connectivity index (χ3v) is 5.63. The summed E-state index contributed by atoms with van der Waals surface area (Å²) in [6.45, 7) is 2.50. The Kier molecular flexibility index (Phi) is 4.37. The second-order valence-corrected chi connectivity index (χ2v) is 7.65. The van der Waals surface area contributed by atoms with Crippen LogP contribution >= 0.6 is 0 Å². The summed E-state index contributed by atoms with van der Waals surface area (Å²) in [7, 11) is 0. The van der Waals surface area contributed by atoms with Crippen LogP contribution in [0.5, 0.6) is 5.75 Å². The number of aryl methyl sites for hydroxylation is 1. The molecule has 2 aromatic carbocycles. The van der Waals surface area contributed by atoms with Crippen LogP contribution in [0.1, 0.15) is 32.7 Å².